The fraction of sp³-hybridized carbons (Fsp3) is 0.500. The van der Waals surface area contributed by atoms with Crippen LogP contribution in [0.15, 0.2) is 0 Å². The van der Waals surface area contributed by atoms with Crippen LogP contribution in [0.2, 0.25) is 0 Å². The predicted molar refractivity (Wildman–Crippen MR) is 83.6 cm³/mol. The molecule has 0 fully saturated rings. The van der Waals surface area contributed by atoms with Gasteiger partial charge >= 0.3 is 159 Å². The van der Waals surface area contributed by atoms with E-state index in [9.17, 15) is 59.4 Å². The fourth-order valence-corrected chi connectivity index (χ4v) is 1.37. The molecular formula is C12H12Ca3O14Sr. The zero-order valence-electron chi connectivity index (χ0n) is 17.5. The van der Waals surface area contributed by atoms with Gasteiger partial charge in [-0.05, 0) is 0 Å². The molecule has 0 aromatic rings. The van der Waals surface area contributed by atoms with Gasteiger partial charge in [0.2, 0.25) is 0 Å². The van der Waals surface area contributed by atoms with E-state index < -0.39 is 72.7 Å². The van der Waals surface area contributed by atoms with Crippen molar-refractivity contribution in [3.05, 3.63) is 0 Å². The average molecular weight is 588 g/mol. The van der Waals surface area contributed by atoms with Crippen molar-refractivity contribution in [1.82, 2.24) is 0 Å². The van der Waals surface area contributed by atoms with Gasteiger partial charge in [0.25, 0.3) is 0 Å². The second-order valence-electron chi connectivity index (χ2n) is 4.83. The van der Waals surface area contributed by atoms with Crippen molar-refractivity contribution >= 4 is 195 Å². The summed E-state index contributed by atoms with van der Waals surface area (Å²) in [5.41, 5.74) is -5.95. The first-order valence-corrected chi connectivity index (χ1v) is 6.23. The average Bonchev–Trinajstić information content (AvgIpc) is 2.34. The van der Waals surface area contributed by atoms with Crippen molar-refractivity contribution < 1.29 is 72.5 Å². The van der Waals surface area contributed by atoms with Crippen LogP contribution in [0, 0.1) is 0 Å². The van der Waals surface area contributed by atoms with Gasteiger partial charge in [0.05, 0.1) is 11.9 Å². The topological polar surface area (TPSA) is 281 Å². The first-order chi connectivity index (χ1) is 11.6. The monoisotopic (exact) mass is 588 g/mol. The fourth-order valence-electron chi connectivity index (χ4n) is 1.37. The molecule has 0 heterocycles. The first kappa shape index (κ1) is 45.5. The molecule has 0 saturated carbocycles. The Morgan fingerprint density at radius 1 is 0.533 bits per heavy atom. The molecule has 0 radical (unpaired) electrons. The number of hydrogen-bond donors (Lipinski definition) is 2. The second-order valence-corrected chi connectivity index (χ2v) is 4.83. The molecule has 0 saturated heterocycles. The summed E-state index contributed by atoms with van der Waals surface area (Å²) in [5, 5.41) is 77.9. The molecule has 0 aliphatic rings. The van der Waals surface area contributed by atoms with Gasteiger partial charge in [-0.15, -0.1) is 0 Å². The van der Waals surface area contributed by atoms with Crippen LogP contribution in [-0.2, 0) is 28.8 Å². The summed E-state index contributed by atoms with van der Waals surface area (Å²) in [4.78, 5) is 60.0. The summed E-state index contributed by atoms with van der Waals surface area (Å²) in [6.07, 6.45) is -5.43. The number of aliphatic hydroxyl groups is 2. The summed E-state index contributed by atoms with van der Waals surface area (Å²) in [6.45, 7) is 0. The molecule has 0 aliphatic heterocycles. The third kappa shape index (κ3) is 21.8. The van der Waals surface area contributed by atoms with E-state index in [1.807, 2.05) is 0 Å². The molecule has 0 aliphatic carbocycles. The van der Waals surface area contributed by atoms with E-state index in [1.54, 1.807) is 0 Å². The zero-order chi connectivity index (χ0) is 21.3. The molecule has 0 aromatic heterocycles. The Hall–Kier alpha value is 2.00. The Morgan fingerprint density at radius 3 is 0.733 bits per heavy atom. The third-order valence-electron chi connectivity index (χ3n) is 2.51. The van der Waals surface area contributed by atoms with Gasteiger partial charge in [0, 0.05) is 49.6 Å². The van der Waals surface area contributed by atoms with Crippen molar-refractivity contribution in [1.29, 1.82) is 0 Å². The van der Waals surface area contributed by atoms with Gasteiger partial charge in [-0.25, -0.2) is 0 Å². The molecule has 152 valence electrons. The summed E-state index contributed by atoms with van der Waals surface area (Å²) >= 11 is 0. The summed E-state index contributed by atoms with van der Waals surface area (Å²) in [6, 6.07) is 0. The van der Waals surface area contributed by atoms with E-state index in [2.05, 4.69) is 0 Å². The normalized spacial score (nSPS) is 9.40. The van der Waals surface area contributed by atoms with Crippen LogP contribution >= 0.6 is 0 Å². The number of carbonyl (C=O) groups is 6. The van der Waals surface area contributed by atoms with Crippen molar-refractivity contribution in [2.24, 2.45) is 0 Å². The van der Waals surface area contributed by atoms with Crippen molar-refractivity contribution in [3.63, 3.8) is 0 Å². The Kier molecular flexibility index (Phi) is 32.6. The van der Waals surface area contributed by atoms with E-state index in [-0.39, 0.29) is 162 Å². The number of hydrogen-bond acceptors (Lipinski definition) is 14. The first-order valence-electron chi connectivity index (χ1n) is 6.23. The minimum Gasteiger partial charge on any atom is -1.00 e. The van der Waals surface area contributed by atoms with Gasteiger partial charge in [0.15, 0.2) is 0 Å². The number of carbonyl (C=O) groups excluding carboxylic acids is 6. The number of rotatable bonds is 10. The van der Waals surface area contributed by atoms with Gasteiger partial charge < -0.3 is 72.5 Å². The van der Waals surface area contributed by atoms with Crippen LogP contribution in [0.25, 0.3) is 0 Å². The van der Waals surface area contributed by atoms with Crippen LogP contribution in [0.1, 0.15) is 28.5 Å². The molecule has 30 heavy (non-hydrogen) atoms. The van der Waals surface area contributed by atoms with E-state index in [0.717, 1.165) is 0 Å². The minimum atomic E-state index is -2.97. The zero-order valence-corrected chi connectivity index (χ0v) is 25.6. The standard InChI is InChI=1S/2C6H8O7.3Ca.Sr.2H/c2*7-3(8)1-6(13,5(11)12)2-4(9)10;;;;;;/h2*13H,1-2H2,(H,7,8)(H,9,10)(H,11,12);;;;;;/q;;4*+2;2*-1/p-6. The van der Waals surface area contributed by atoms with Gasteiger partial charge in [-0.2, -0.15) is 0 Å². The third-order valence-corrected chi connectivity index (χ3v) is 2.51. The predicted octanol–water partition coefficient (Wildman–Crippen LogP) is -11.8. The largest absolute Gasteiger partial charge is 2.00 e. The van der Waals surface area contributed by atoms with Crippen molar-refractivity contribution in [2.75, 3.05) is 0 Å². The number of aliphatic carboxylic acids is 6. The Balaban J connectivity index is -0.0000000505. The molecule has 0 aromatic carbocycles. The summed E-state index contributed by atoms with van der Waals surface area (Å²) in [7, 11) is 0. The van der Waals surface area contributed by atoms with Crippen LogP contribution < -0.4 is 30.6 Å². The molecule has 0 atom stereocenters. The second kappa shape index (κ2) is 21.5. The molecule has 0 unspecified atom stereocenters. The van der Waals surface area contributed by atoms with Gasteiger partial charge in [0.1, 0.15) is 11.2 Å². The van der Waals surface area contributed by atoms with Gasteiger partial charge in [-0.1, -0.05) is 0 Å². The van der Waals surface area contributed by atoms with Crippen molar-refractivity contribution in [3.8, 4) is 0 Å². The van der Waals surface area contributed by atoms with Crippen LogP contribution in [0.4, 0.5) is 0 Å². The van der Waals surface area contributed by atoms with E-state index in [1.165, 1.54) is 0 Å². The molecule has 14 nitrogen and oxygen atoms in total. The number of carboxylic acids is 6. The SMILES string of the molecule is O=C([O-])CC(O)(CC(=O)[O-])C(=O)[O-].O=C([O-])CC(O)(CC(=O)[O-])C(=O)[O-].[Ca+2].[Ca+2].[Ca+2].[H-].[H-].[Sr+2]. The Labute approximate surface area is 298 Å². The summed E-state index contributed by atoms with van der Waals surface area (Å²) < 4.78 is 0. The molecular weight excluding hydrogens is 576 g/mol. The van der Waals surface area contributed by atoms with Crippen LogP contribution in [0.3, 0.4) is 0 Å². The maximum absolute atomic E-state index is 10.1. The number of carboxylic acid groups (broad SMARTS) is 6. The van der Waals surface area contributed by atoms with Crippen LogP contribution in [-0.4, -0.2) is 216 Å². The van der Waals surface area contributed by atoms with E-state index >= 15 is 0 Å². The molecule has 0 spiro atoms. The quantitative estimate of drug-likeness (QED) is 0.224. The molecule has 0 rings (SSSR count). The Bertz CT molecular complexity index is 538. The molecule has 0 bridgehead atoms. The maximum atomic E-state index is 10.1. The molecule has 0 amide bonds. The van der Waals surface area contributed by atoms with E-state index in [4.69, 9.17) is 10.2 Å². The van der Waals surface area contributed by atoms with E-state index in [0.29, 0.717) is 0 Å². The minimum absolute atomic E-state index is 0. The van der Waals surface area contributed by atoms with Gasteiger partial charge in [-0.3, -0.25) is 0 Å². The van der Waals surface area contributed by atoms with Crippen LogP contribution in [0.5, 0.6) is 0 Å². The maximum Gasteiger partial charge on any atom is 2.00 e. The molecule has 18 heteroatoms. The summed E-state index contributed by atoms with van der Waals surface area (Å²) in [5.74, 6) is -12.0. The smallest absolute Gasteiger partial charge is 1.00 e. The molecule has 2 N–H and O–H groups in total. The Morgan fingerprint density at radius 2 is 0.667 bits per heavy atom. The van der Waals surface area contributed by atoms with Crippen molar-refractivity contribution in [2.45, 2.75) is 36.9 Å².